The zero-order valence-electron chi connectivity index (χ0n) is 19.2. The molecule has 1 amide bonds. The topological polar surface area (TPSA) is 116 Å². The summed E-state index contributed by atoms with van der Waals surface area (Å²) in [7, 11) is 1.42. The van der Waals surface area contributed by atoms with E-state index < -0.39 is 10.8 Å². The number of hydrogen-bond donors (Lipinski definition) is 1. The molecule has 0 radical (unpaired) electrons. The van der Waals surface area contributed by atoms with Crippen LogP contribution in [0.2, 0.25) is 0 Å². The van der Waals surface area contributed by atoms with Gasteiger partial charge < -0.3 is 19.5 Å². The van der Waals surface area contributed by atoms with Crippen LogP contribution >= 0.6 is 11.3 Å². The fourth-order valence-electron chi connectivity index (χ4n) is 3.92. The molecule has 0 saturated carbocycles. The van der Waals surface area contributed by atoms with Crippen molar-refractivity contribution in [3.63, 3.8) is 0 Å². The van der Waals surface area contributed by atoms with Crippen molar-refractivity contribution in [3.8, 4) is 11.5 Å². The molecule has 35 heavy (non-hydrogen) atoms. The van der Waals surface area contributed by atoms with Gasteiger partial charge in [0.05, 0.1) is 48.6 Å². The van der Waals surface area contributed by atoms with Crippen LogP contribution in [-0.4, -0.2) is 60.7 Å². The van der Waals surface area contributed by atoms with E-state index in [0.717, 1.165) is 18.7 Å². The van der Waals surface area contributed by atoms with Crippen LogP contribution in [0.3, 0.4) is 0 Å². The molecular formula is C24H26N4O6S. The normalized spacial score (nSPS) is 14.8. The van der Waals surface area contributed by atoms with Gasteiger partial charge in [-0.3, -0.25) is 19.8 Å². The van der Waals surface area contributed by atoms with Crippen LogP contribution < -0.4 is 14.8 Å². The van der Waals surface area contributed by atoms with Crippen LogP contribution in [0.4, 0.5) is 5.69 Å². The summed E-state index contributed by atoms with van der Waals surface area (Å²) in [5, 5.41) is 16.5. The van der Waals surface area contributed by atoms with Gasteiger partial charge in [0, 0.05) is 31.1 Å². The number of morpholine rings is 1. The Morgan fingerprint density at radius 1 is 1.26 bits per heavy atom. The van der Waals surface area contributed by atoms with Gasteiger partial charge in [0.25, 0.3) is 11.6 Å². The molecule has 2 aromatic carbocycles. The van der Waals surface area contributed by atoms with E-state index in [2.05, 4.69) is 15.2 Å². The molecule has 0 bridgehead atoms. The monoisotopic (exact) mass is 498 g/mol. The second kappa shape index (κ2) is 11.7. The summed E-state index contributed by atoms with van der Waals surface area (Å²) >= 11 is 1.42. The van der Waals surface area contributed by atoms with Crippen molar-refractivity contribution in [2.75, 3.05) is 40.0 Å². The van der Waals surface area contributed by atoms with E-state index >= 15 is 0 Å². The number of amides is 1. The predicted octanol–water partition coefficient (Wildman–Crippen LogP) is 3.44. The molecule has 3 aromatic rings. The van der Waals surface area contributed by atoms with Crippen molar-refractivity contribution in [1.29, 1.82) is 0 Å². The fraction of sp³-hybridized carbons (Fsp3) is 0.333. The van der Waals surface area contributed by atoms with Gasteiger partial charge in [0.1, 0.15) is 12.2 Å². The van der Waals surface area contributed by atoms with Gasteiger partial charge in [-0.1, -0.05) is 30.3 Å². The molecule has 1 N–H and O–H groups in total. The number of aromatic nitrogens is 1. The number of methoxy groups -OCH3 is 1. The Bertz CT molecular complexity index is 1140. The van der Waals surface area contributed by atoms with Gasteiger partial charge in [-0.05, 0) is 5.56 Å². The lowest BCUT2D eigenvalue weighted by Crippen LogP contribution is -2.43. The highest BCUT2D eigenvalue weighted by molar-refractivity contribution is 7.07. The summed E-state index contributed by atoms with van der Waals surface area (Å²) in [6.07, 6.45) is 0. The van der Waals surface area contributed by atoms with Crippen molar-refractivity contribution >= 4 is 22.9 Å². The third-order valence-corrected chi connectivity index (χ3v) is 6.34. The van der Waals surface area contributed by atoms with Crippen molar-refractivity contribution in [2.24, 2.45) is 0 Å². The lowest BCUT2D eigenvalue weighted by Gasteiger charge is -2.35. The zero-order valence-corrected chi connectivity index (χ0v) is 20.0. The van der Waals surface area contributed by atoms with Gasteiger partial charge in [0.2, 0.25) is 0 Å². The molecule has 1 atom stereocenters. The molecule has 4 rings (SSSR count). The van der Waals surface area contributed by atoms with Crippen molar-refractivity contribution in [1.82, 2.24) is 15.2 Å². The van der Waals surface area contributed by atoms with Crippen LogP contribution in [0.25, 0.3) is 0 Å². The number of hydrogen-bond acceptors (Lipinski definition) is 9. The predicted molar refractivity (Wildman–Crippen MR) is 130 cm³/mol. The molecule has 2 heterocycles. The van der Waals surface area contributed by atoms with E-state index in [1.54, 1.807) is 5.51 Å². The maximum Gasteiger partial charge on any atom is 0.286 e. The maximum atomic E-state index is 13.1. The van der Waals surface area contributed by atoms with Gasteiger partial charge in [0.15, 0.2) is 11.5 Å². The average molecular weight is 499 g/mol. The number of rotatable bonds is 10. The first-order valence-corrected chi connectivity index (χ1v) is 12.0. The molecule has 0 aliphatic carbocycles. The number of carbonyl (C=O) groups is 1. The van der Waals surface area contributed by atoms with Gasteiger partial charge >= 0.3 is 0 Å². The largest absolute Gasteiger partial charge is 0.493 e. The molecule has 10 nitrogen and oxygen atoms in total. The molecule has 1 fully saturated rings. The van der Waals surface area contributed by atoms with Crippen LogP contribution in [0.5, 0.6) is 11.5 Å². The van der Waals surface area contributed by atoms with E-state index in [0.29, 0.717) is 18.9 Å². The standard InChI is InChI=1S/C24H26N4O6S/c1-32-22-11-19(20(28(30)31)12-23(22)34-14-18-15-35-16-26-18)24(29)25-13-21(17-5-3-2-4-6-17)27-7-9-33-10-8-27/h2-6,11-12,15-16,21H,7-10,13-14H2,1H3,(H,25,29). The molecule has 1 aliphatic rings. The van der Waals surface area contributed by atoms with E-state index in [1.807, 2.05) is 35.7 Å². The zero-order chi connectivity index (χ0) is 24.6. The SMILES string of the molecule is COc1cc(C(=O)NCC(c2ccccc2)N2CCOCC2)c([N+](=O)[O-])cc1OCc1cscn1. The van der Waals surface area contributed by atoms with E-state index in [9.17, 15) is 14.9 Å². The van der Waals surface area contributed by atoms with Crippen LogP contribution in [0.1, 0.15) is 27.7 Å². The first-order chi connectivity index (χ1) is 17.1. The van der Waals surface area contributed by atoms with E-state index in [-0.39, 0.29) is 41.9 Å². The number of carbonyl (C=O) groups excluding carboxylic acids is 1. The lowest BCUT2D eigenvalue weighted by atomic mass is 10.0. The van der Waals surface area contributed by atoms with Crippen molar-refractivity contribution < 1.29 is 23.9 Å². The van der Waals surface area contributed by atoms with Gasteiger partial charge in [-0.15, -0.1) is 11.3 Å². The minimum absolute atomic E-state index is 0.0919. The van der Waals surface area contributed by atoms with E-state index in [4.69, 9.17) is 14.2 Å². The third-order valence-electron chi connectivity index (χ3n) is 5.71. The molecule has 184 valence electrons. The minimum Gasteiger partial charge on any atom is -0.493 e. The summed E-state index contributed by atoms with van der Waals surface area (Å²) in [5.74, 6) is -0.168. The Hall–Kier alpha value is -3.54. The number of nitro groups is 1. The lowest BCUT2D eigenvalue weighted by molar-refractivity contribution is -0.385. The molecular weight excluding hydrogens is 472 g/mol. The highest BCUT2D eigenvalue weighted by atomic mass is 32.1. The molecule has 1 aliphatic heterocycles. The highest BCUT2D eigenvalue weighted by Crippen LogP contribution is 2.35. The van der Waals surface area contributed by atoms with Crippen LogP contribution in [-0.2, 0) is 11.3 Å². The molecule has 11 heteroatoms. The Balaban J connectivity index is 1.54. The maximum absolute atomic E-state index is 13.1. The first kappa shape index (κ1) is 24.6. The molecule has 0 spiro atoms. The summed E-state index contributed by atoms with van der Waals surface area (Å²) in [6, 6.07) is 12.3. The molecule has 1 saturated heterocycles. The summed E-state index contributed by atoms with van der Waals surface area (Å²) in [5.41, 5.74) is 2.95. The number of ether oxygens (including phenoxy) is 3. The molecule has 1 aromatic heterocycles. The Morgan fingerprint density at radius 3 is 2.69 bits per heavy atom. The second-order valence-corrected chi connectivity index (χ2v) is 8.55. The number of nitro benzene ring substituents is 1. The van der Waals surface area contributed by atoms with Crippen molar-refractivity contribution in [3.05, 3.63) is 80.3 Å². The fourth-order valence-corrected chi connectivity index (χ4v) is 4.46. The Morgan fingerprint density at radius 2 is 2.03 bits per heavy atom. The minimum atomic E-state index is -0.597. The summed E-state index contributed by atoms with van der Waals surface area (Å²) in [4.78, 5) is 30.7. The third kappa shape index (κ3) is 6.13. The second-order valence-electron chi connectivity index (χ2n) is 7.83. The smallest absolute Gasteiger partial charge is 0.286 e. The Labute approximate surface area is 206 Å². The van der Waals surface area contributed by atoms with Crippen LogP contribution in [0, 0.1) is 10.1 Å². The summed E-state index contributed by atoms with van der Waals surface area (Å²) in [6.45, 7) is 3.10. The van der Waals surface area contributed by atoms with E-state index in [1.165, 1.54) is 30.6 Å². The highest BCUT2D eigenvalue weighted by Gasteiger charge is 2.27. The quantitative estimate of drug-likeness (QED) is 0.334. The number of benzene rings is 2. The van der Waals surface area contributed by atoms with Crippen molar-refractivity contribution in [2.45, 2.75) is 12.6 Å². The first-order valence-electron chi connectivity index (χ1n) is 11.1. The summed E-state index contributed by atoms with van der Waals surface area (Å²) < 4.78 is 16.5. The van der Waals surface area contributed by atoms with Gasteiger partial charge in [-0.25, -0.2) is 4.98 Å². The Kier molecular flexibility index (Phi) is 8.24. The number of nitrogens with zero attached hydrogens (tertiary/aromatic N) is 3. The number of thiazole rings is 1. The average Bonchev–Trinajstić information content (AvgIpc) is 3.42. The molecule has 1 unspecified atom stereocenters. The van der Waals surface area contributed by atoms with Crippen LogP contribution in [0.15, 0.2) is 53.4 Å². The van der Waals surface area contributed by atoms with Gasteiger partial charge in [-0.2, -0.15) is 0 Å². The number of nitrogens with one attached hydrogen (secondary N) is 1.